The Bertz CT molecular complexity index is 765. The molecule has 2 amide bonds. The standard InChI is InChI=1S/C19H23F3N2O6/c1-3-29-15(26)10-13(18(28)30-4-2)16(17(23)27)24-14(25)9-11-5-7-12(8-6-11)19(20,21)22/h5-8,13,16H,3-4,9-10H2,1-2H3,(H2,23,27)(H,24,25)/t13-,16+/m1/s1. The van der Waals surface area contributed by atoms with Gasteiger partial charge < -0.3 is 20.5 Å². The molecule has 0 fully saturated rings. The van der Waals surface area contributed by atoms with Crippen molar-refractivity contribution in [3.63, 3.8) is 0 Å². The van der Waals surface area contributed by atoms with E-state index < -0.39 is 53.9 Å². The van der Waals surface area contributed by atoms with Gasteiger partial charge in [0, 0.05) is 0 Å². The summed E-state index contributed by atoms with van der Waals surface area (Å²) >= 11 is 0. The molecule has 0 spiro atoms. The number of rotatable bonds is 10. The quantitative estimate of drug-likeness (QED) is 0.538. The molecule has 0 unspecified atom stereocenters. The van der Waals surface area contributed by atoms with Gasteiger partial charge in [0.15, 0.2) is 0 Å². The van der Waals surface area contributed by atoms with E-state index in [1.54, 1.807) is 6.92 Å². The van der Waals surface area contributed by atoms with Crippen molar-refractivity contribution in [1.29, 1.82) is 0 Å². The summed E-state index contributed by atoms with van der Waals surface area (Å²) in [5.74, 6) is -5.00. The number of carbonyl (C=O) groups excluding carboxylic acids is 4. The maximum absolute atomic E-state index is 12.6. The molecule has 0 aliphatic carbocycles. The van der Waals surface area contributed by atoms with Crippen LogP contribution in [0.5, 0.6) is 0 Å². The van der Waals surface area contributed by atoms with Crippen molar-refractivity contribution in [2.75, 3.05) is 13.2 Å². The summed E-state index contributed by atoms with van der Waals surface area (Å²) in [7, 11) is 0. The smallest absolute Gasteiger partial charge is 0.416 e. The van der Waals surface area contributed by atoms with Gasteiger partial charge in [-0.1, -0.05) is 12.1 Å². The van der Waals surface area contributed by atoms with Gasteiger partial charge in [-0.05, 0) is 31.5 Å². The predicted octanol–water partition coefficient (Wildman–Crippen LogP) is 1.35. The Morgan fingerprint density at radius 2 is 1.60 bits per heavy atom. The maximum atomic E-state index is 12.6. The van der Waals surface area contributed by atoms with Gasteiger partial charge >= 0.3 is 18.1 Å². The van der Waals surface area contributed by atoms with Crippen LogP contribution in [0.2, 0.25) is 0 Å². The van der Waals surface area contributed by atoms with Crippen LogP contribution in [0.15, 0.2) is 24.3 Å². The number of benzene rings is 1. The highest BCUT2D eigenvalue weighted by Gasteiger charge is 2.37. The van der Waals surface area contributed by atoms with Gasteiger partial charge in [-0.25, -0.2) is 0 Å². The first-order valence-corrected chi connectivity index (χ1v) is 9.06. The average molecular weight is 432 g/mol. The van der Waals surface area contributed by atoms with Crippen LogP contribution >= 0.6 is 0 Å². The zero-order valence-electron chi connectivity index (χ0n) is 16.5. The number of esters is 2. The molecule has 0 radical (unpaired) electrons. The van der Waals surface area contributed by atoms with E-state index in [0.717, 1.165) is 24.3 Å². The average Bonchev–Trinajstić information content (AvgIpc) is 2.64. The van der Waals surface area contributed by atoms with Crippen molar-refractivity contribution >= 4 is 23.8 Å². The van der Waals surface area contributed by atoms with Crippen LogP contribution in [0.3, 0.4) is 0 Å². The Morgan fingerprint density at radius 1 is 1.03 bits per heavy atom. The Balaban J connectivity index is 2.95. The van der Waals surface area contributed by atoms with Gasteiger partial charge in [0.2, 0.25) is 11.8 Å². The lowest BCUT2D eigenvalue weighted by Crippen LogP contribution is -2.52. The number of alkyl halides is 3. The third kappa shape index (κ3) is 7.72. The van der Waals surface area contributed by atoms with Crippen LogP contribution in [-0.4, -0.2) is 43.0 Å². The van der Waals surface area contributed by atoms with E-state index in [-0.39, 0.29) is 25.2 Å². The highest BCUT2D eigenvalue weighted by atomic mass is 19.4. The fraction of sp³-hybridized carbons (Fsp3) is 0.474. The monoisotopic (exact) mass is 432 g/mol. The number of halogens is 3. The largest absolute Gasteiger partial charge is 0.466 e. The first-order chi connectivity index (χ1) is 14.0. The molecule has 0 heterocycles. The van der Waals surface area contributed by atoms with Crippen LogP contribution in [0, 0.1) is 5.92 Å². The molecular weight excluding hydrogens is 409 g/mol. The van der Waals surface area contributed by atoms with E-state index in [1.807, 2.05) is 0 Å². The second kappa shape index (κ2) is 11.2. The molecule has 166 valence electrons. The van der Waals surface area contributed by atoms with Crippen molar-refractivity contribution in [2.24, 2.45) is 11.7 Å². The Morgan fingerprint density at radius 3 is 2.07 bits per heavy atom. The van der Waals surface area contributed by atoms with E-state index >= 15 is 0 Å². The summed E-state index contributed by atoms with van der Waals surface area (Å²) in [6, 6.07) is 2.29. The van der Waals surface area contributed by atoms with Crippen LogP contribution in [0.4, 0.5) is 13.2 Å². The van der Waals surface area contributed by atoms with Gasteiger partial charge in [0.1, 0.15) is 6.04 Å². The number of nitrogens with two attached hydrogens (primary N) is 1. The van der Waals surface area contributed by atoms with Crippen molar-refractivity contribution in [1.82, 2.24) is 5.32 Å². The molecular formula is C19H23F3N2O6. The fourth-order valence-electron chi connectivity index (χ4n) is 2.58. The van der Waals surface area contributed by atoms with Crippen LogP contribution < -0.4 is 11.1 Å². The number of amides is 2. The highest BCUT2D eigenvalue weighted by Crippen LogP contribution is 2.29. The van der Waals surface area contributed by atoms with Crippen molar-refractivity contribution in [3.8, 4) is 0 Å². The number of primary amides is 1. The third-order valence-electron chi connectivity index (χ3n) is 3.95. The van der Waals surface area contributed by atoms with Crippen molar-refractivity contribution < 1.29 is 41.8 Å². The maximum Gasteiger partial charge on any atom is 0.416 e. The number of hydrogen-bond acceptors (Lipinski definition) is 6. The first kappa shape index (κ1) is 24.9. The van der Waals surface area contributed by atoms with Gasteiger partial charge in [0.05, 0.1) is 37.5 Å². The first-order valence-electron chi connectivity index (χ1n) is 9.06. The molecule has 0 saturated carbocycles. The molecule has 3 N–H and O–H groups in total. The SMILES string of the molecule is CCOC(=O)C[C@@H](C(=O)OCC)[C@H](NC(=O)Cc1ccc(C(F)(F)F)cc1)C(N)=O. The summed E-state index contributed by atoms with van der Waals surface area (Å²) < 4.78 is 47.5. The third-order valence-corrected chi connectivity index (χ3v) is 3.95. The molecule has 1 rings (SSSR count). The summed E-state index contributed by atoms with van der Waals surface area (Å²) in [4.78, 5) is 48.1. The Hall–Kier alpha value is -3.11. The molecule has 2 atom stereocenters. The van der Waals surface area contributed by atoms with Gasteiger partial charge in [-0.3, -0.25) is 19.2 Å². The van der Waals surface area contributed by atoms with Crippen molar-refractivity contribution in [3.05, 3.63) is 35.4 Å². The normalized spacial score (nSPS) is 13.1. The minimum Gasteiger partial charge on any atom is -0.466 e. The summed E-state index contributed by atoms with van der Waals surface area (Å²) in [6.07, 6.45) is -5.45. The molecule has 0 bridgehead atoms. The number of hydrogen-bond donors (Lipinski definition) is 2. The lowest BCUT2D eigenvalue weighted by molar-refractivity contribution is -0.157. The Labute approximate surface area is 170 Å². The lowest BCUT2D eigenvalue weighted by atomic mass is 9.95. The molecule has 0 aliphatic heterocycles. The zero-order chi connectivity index (χ0) is 22.9. The topological polar surface area (TPSA) is 125 Å². The number of carbonyl (C=O) groups is 4. The second-order valence-corrected chi connectivity index (χ2v) is 6.19. The lowest BCUT2D eigenvalue weighted by Gasteiger charge is -2.23. The predicted molar refractivity (Wildman–Crippen MR) is 97.6 cm³/mol. The molecule has 11 heteroatoms. The van der Waals surface area contributed by atoms with E-state index in [9.17, 15) is 32.3 Å². The number of nitrogens with one attached hydrogen (secondary N) is 1. The van der Waals surface area contributed by atoms with Crippen LogP contribution in [-0.2, 0) is 41.2 Å². The van der Waals surface area contributed by atoms with Crippen molar-refractivity contribution in [2.45, 2.75) is 38.9 Å². The number of ether oxygens (including phenoxy) is 2. The van der Waals surface area contributed by atoms with Gasteiger partial charge in [-0.2, -0.15) is 13.2 Å². The second-order valence-electron chi connectivity index (χ2n) is 6.19. The highest BCUT2D eigenvalue weighted by molar-refractivity contribution is 5.93. The van der Waals surface area contributed by atoms with Gasteiger partial charge in [0.25, 0.3) is 0 Å². The van der Waals surface area contributed by atoms with E-state index in [1.165, 1.54) is 6.92 Å². The summed E-state index contributed by atoms with van der Waals surface area (Å²) in [5, 5.41) is 2.25. The van der Waals surface area contributed by atoms with Crippen LogP contribution in [0.1, 0.15) is 31.4 Å². The van der Waals surface area contributed by atoms with E-state index in [2.05, 4.69) is 5.32 Å². The molecule has 30 heavy (non-hydrogen) atoms. The zero-order valence-corrected chi connectivity index (χ0v) is 16.5. The fourth-order valence-corrected chi connectivity index (χ4v) is 2.58. The molecule has 0 aliphatic rings. The summed E-state index contributed by atoms with van der Waals surface area (Å²) in [5.41, 5.74) is 4.65. The molecule has 0 saturated heterocycles. The van der Waals surface area contributed by atoms with E-state index in [0.29, 0.717) is 0 Å². The van der Waals surface area contributed by atoms with Gasteiger partial charge in [-0.15, -0.1) is 0 Å². The molecule has 8 nitrogen and oxygen atoms in total. The molecule has 1 aromatic rings. The summed E-state index contributed by atoms with van der Waals surface area (Å²) in [6.45, 7) is 3.06. The minimum absolute atomic E-state index is 0.0376. The van der Waals surface area contributed by atoms with E-state index in [4.69, 9.17) is 15.2 Å². The molecule has 0 aromatic heterocycles. The molecule has 1 aromatic carbocycles. The minimum atomic E-state index is -4.52. The Kier molecular flexibility index (Phi) is 9.28. The van der Waals surface area contributed by atoms with Crippen LogP contribution in [0.25, 0.3) is 0 Å².